The molecule has 20 heavy (non-hydrogen) atoms. The van der Waals surface area contributed by atoms with E-state index in [9.17, 15) is 14.4 Å². The number of hydrogen-bond donors (Lipinski definition) is 2. The number of nitrogens with one attached hydrogen (secondary N) is 1. The molecular weight excluding hydrogens is 264 g/mol. The molecule has 1 aliphatic rings. The van der Waals surface area contributed by atoms with E-state index < -0.39 is 11.9 Å². The average molecular weight is 280 g/mol. The van der Waals surface area contributed by atoms with Gasteiger partial charge in [0.2, 0.25) is 5.91 Å². The maximum atomic E-state index is 11.8. The number of carboxylic acid groups (broad SMARTS) is 1. The largest absolute Gasteiger partial charge is 0.481 e. The minimum absolute atomic E-state index is 0.145. The van der Waals surface area contributed by atoms with Crippen LogP contribution in [0.1, 0.15) is 23.4 Å². The SMILES string of the molecule is O=C(NCCC(=O)N1CCC(C(=O)O)C1)c1ccco1. The van der Waals surface area contributed by atoms with Gasteiger partial charge in [0.15, 0.2) is 5.76 Å². The molecule has 0 spiro atoms. The van der Waals surface area contributed by atoms with Crippen molar-refractivity contribution < 1.29 is 23.9 Å². The lowest BCUT2D eigenvalue weighted by atomic mass is 10.1. The fourth-order valence-electron chi connectivity index (χ4n) is 2.12. The van der Waals surface area contributed by atoms with Crippen LogP contribution in [0.5, 0.6) is 0 Å². The van der Waals surface area contributed by atoms with Crippen molar-refractivity contribution in [1.82, 2.24) is 10.2 Å². The minimum atomic E-state index is -0.869. The Morgan fingerprint density at radius 2 is 2.25 bits per heavy atom. The van der Waals surface area contributed by atoms with Gasteiger partial charge in [0.1, 0.15) is 0 Å². The van der Waals surface area contributed by atoms with Crippen LogP contribution >= 0.6 is 0 Å². The van der Waals surface area contributed by atoms with E-state index in [0.29, 0.717) is 13.0 Å². The number of likely N-dealkylation sites (tertiary alicyclic amines) is 1. The third-order valence-electron chi connectivity index (χ3n) is 3.26. The second-order valence-electron chi connectivity index (χ2n) is 4.65. The Hall–Kier alpha value is -2.31. The zero-order chi connectivity index (χ0) is 14.5. The molecule has 0 bridgehead atoms. The van der Waals surface area contributed by atoms with Crippen LogP contribution in [-0.4, -0.2) is 47.4 Å². The summed E-state index contributed by atoms with van der Waals surface area (Å²) in [5.74, 6) is -1.66. The number of amides is 2. The van der Waals surface area contributed by atoms with Gasteiger partial charge >= 0.3 is 5.97 Å². The Bertz CT molecular complexity index is 497. The summed E-state index contributed by atoms with van der Waals surface area (Å²) < 4.78 is 4.92. The zero-order valence-corrected chi connectivity index (χ0v) is 10.9. The van der Waals surface area contributed by atoms with Crippen LogP contribution in [0, 0.1) is 5.92 Å². The maximum absolute atomic E-state index is 11.8. The van der Waals surface area contributed by atoms with Crippen molar-refractivity contribution in [2.45, 2.75) is 12.8 Å². The van der Waals surface area contributed by atoms with E-state index in [4.69, 9.17) is 9.52 Å². The van der Waals surface area contributed by atoms with Crippen LogP contribution in [0.2, 0.25) is 0 Å². The highest BCUT2D eigenvalue weighted by Gasteiger charge is 2.30. The number of carbonyl (C=O) groups excluding carboxylic acids is 2. The lowest BCUT2D eigenvalue weighted by Gasteiger charge is -2.15. The number of carboxylic acids is 1. The average Bonchev–Trinajstić information content (AvgIpc) is 3.09. The molecule has 1 fully saturated rings. The number of hydrogen-bond acceptors (Lipinski definition) is 4. The van der Waals surface area contributed by atoms with Crippen LogP contribution in [0.4, 0.5) is 0 Å². The van der Waals surface area contributed by atoms with Crippen LogP contribution in [0.3, 0.4) is 0 Å². The van der Waals surface area contributed by atoms with Crippen molar-refractivity contribution in [2.75, 3.05) is 19.6 Å². The standard InChI is InChI=1S/C13H16N2O5/c16-11(15-6-4-9(8-15)13(18)19)3-5-14-12(17)10-2-1-7-20-10/h1-2,7,9H,3-6,8H2,(H,14,17)(H,18,19). The number of furan rings is 1. The molecule has 2 rings (SSSR count). The smallest absolute Gasteiger partial charge is 0.308 e. The highest BCUT2D eigenvalue weighted by molar-refractivity contribution is 5.91. The molecule has 1 saturated heterocycles. The molecule has 2 heterocycles. The first-order chi connectivity index (χ1) is 9.58. The summed E-state index contributed by atoms with van der Waals surface area (Å²) in [6.07, 6.45) is 2.04. The van der Waals surface area contributed by atoms with Gasteiger partial charge in [-0.25, -0.2) is 0 Å². The minimum Gasteiger partial charge on any atom is -0.481 e. The third-order valence-corrected chi connectivity index (χ3v) is 3.26. The van der Waals surface area contributed by atoms with Crippen LogP contribution in [0.25, 0.3) is 0 Å². The molecule has 7 nitrogen and oxygen atoms in total. The predicted molar refractivity (Wildman–Crippen MR) is 68.0 cm³/mol. The Morgan fingerprint density at radius 1 is 1.45 bits per heavy atom. The summed E-state index contributed by atoms with van der Waals surface area (Å²) in [5.41, 5.74) is 0. The summed E-state index contributed by atoms with van der Waals surface area (Å²) >= 11 is 0. The first-order valence-corrected chi connectivity index (χ1v) is 6.40. The molecule has 1 unspecified atom stereocenters. The second kappa shape index (κ2) is 6.23. The first-order valence-electron chi connectivity index (χ1n) is 6.40. The molecule has 1 aromatic heterocycles. The molecule has 2 amide bonds. The lowest BCUT2D eigenvalue weighted by Crippen LogP contribution is -2.33. The van der Waals surface area contributed by atoms with Gasteiger partial charge in [-0.1, -0.05) is 0 Å². The molecule has 1 atom stereocenters. The maximum Gasteiger partial charge on any atom is 0.308 e. The topological polar surface area (TPSA) is 99.9 Å². The molecule has 2 N–H and O–H groups in total. The molecule has 1 aliphatic heterocycles. The van der Waals surface area contributed by atoms with Crippen molar-refractivity contribution in [3.05, 3.63) is 24.2 Å². The second-order valence-corrected chi connectivity index (χ2v) is 4.65. The summed E-state index contributed by atoms with van der Waals surface area (Å²) in [4.78, 5) is 35.7. The summed E-state index contributed by atoms with van der Waals surface area (Å²) in [7, 11) is 0. The monoisotopic (exact) mass is 280 g/mol. The van der Waals surface area contributed by atoms with E-state index in [2.05, 4.69) is 5.32 Å². The van der Waals surface area contributed by atoms with Gasteiger partial charge in [-0.3, -0.25) is 14.4 Å². The molecule has 0 radical (unpaired) electrons. The number of aliphatic carboxylic acids is 1. The van der Waals surface area contributed by atoms with E-state index in [-0.39, 0.29) is 37.1 Å². The van der Waals surface area contributed by atoms with Crippen LogP contribution < -0.4 is 5.32 Å². The molecule has 0 aromatic carbocycles. The Balaban J connectivity index is 1.71. The van der Waals surface area contributed by atoms with E-state index >= 15 is 0 Å². The fourth-order valence-corrected chi connectivity index (χ4v) is 2.12. The van der Waals surface area contributed by atoms with E-state index in [1.807, 2.05) is 0 Å². The van der Waals surface area contributed by atoms with Crippen LogP contribution in [0.15, 0.2) is 22.8 Å². The highest BCUT2D eigenvalue weighted by Crippen LogP contribution is 2.16. The van der Waals surface area contributed by atoms with Crippen molar-refractivity contribution in [2.24, 2.45) is 5.92 Å². The Labute approximate surface area is 115 Å². The Morgan fingerprint density at radius 3 is 2.85 bits per heavy atom. The van der Waals surface area contributed by atoms with E-state index in [1.165, 1.54) is 17.2 Å². The third kappa shape index (κ3) is 3.37. The molecule has 0 aliphatic carbocycles. The normalized spacial score (nSPS) is 18.0. The van der Waals surface area contributed by atoms with Crippen molar-refractivity contribution in [1.29, 1.82) is 0 Å². The number of rotatable bonds is 5. The number of carbonyl (C=O) groups is 3. The van der Waals surface area contributed by atoms with Crippen molar-refractivity contribution in [3.8, 4) is 0 Å². The van der Waals surface area contributed by atoms with Gasteiger partial charge in [-0.15, -0.1) is 0 Å². The molecule has 108 valence electrons. The van der Waals surface area contributed by atoms with E-state index in [1.54, 1.807) is 6.07 Å². The Kier molecular flexibility index (Phi) is 4.39. The van der Waals surface area contributed by atoms with Crippen molar-refractivity contribution >= 4 is 17.8 Å². The number of nitrogens with zero attached hydrogens (tertiary/aromatic N) is 1. The summed E-state index contributed by atoms with van der Waals surface area (Å²) in [6.45, 7) is 0.912. The van der Waals surface area contributed by atoms with Gasteiger partial charge in [0.25, 0.3) is 5.91 Å². The molecular formula is C13H16N2O5. The van der Waals surface area contributed by atoms with E-state index in [0.717, 1.165) is 0 Å². The lowest BCUT2D eigenvalue weighted by molar-refractivity contribution is -0.141. The fraction of sp³-hybridized carbons (Fsp3) is 0.462. The van der Waals surface area contributed by atoms with Gasteiger partial charge in [-0.05, 0) is 18.6 Å². The summed E-state index contributed by atoms with van der Waals surface area (Å²) in [5, 5.41) is 11.4. The quantitative estimate of drug-likeness (QED) is 0.809. The first kappa shape index (κ1) is 14.1. The van der Waals surface area contributed by atoms with Gasteiger partial charge in [0, 0.05) is 26.1 Å². The molecule has 0 saturated carbocycles. The predicted octanol–water partition coefficient (Wildman–Crippen LogP) is 0.333. The summed E-state index contributed by atoms with van der Waals surface area (Å²) in [6, 6.07) is 3.14. The molecule has 1 aromatic rings. The van der Waals surface area contributed by atoms with Crippen LogP contribution in [-0.2, 0) is 9.59 Å². The highest BCUT2D eigenvalue weighted by atomic mass is 16.4. The zero-order valence-electron chi connectivity index (χ0n) is 10.9. The van der Waals surface area contributed by atoms with Gasteiger partial charge < -0.3 is 19.7 Å². The van der Waals surface area contributed by atoms with Gasteiger partial charge in [0.05, 0.1) is 12.2 Å². The molecule has 7 heteroatoms. The van der Waals surface area contributed by atoms with Crippen molar-refractivity contribution in [3.63, 3.8) is 0 Å². The van der Waals surface area contributed by atoms with Gasteiger partial charge in [-0.2, -0.15) is 0 Å².